The van der Waals surface area contributed by atoms with E-state index in [1.54, 1.807) is 0 Å². The van der Waals surface area contributed by atoms with E-state index in [2.05, 4.69) is 0 Å². The molecule has 3 N–H and O–H groups in total. The number of nitrogens with two attached hydrogens (primary N) is 1. The van der Waals surface area contributed by atoms with Gasteiger partial charge in [-0.2, -0.15) is 0 Å². The highest BCUT2D eigenvalue weighted by atomic mass is 16.3. The van der Waals surface area contributed by atoms with Gasteiger partial charge in [0.15, 0.2) is 0 Å². The van der Waals surface area contributed by atoms with E-state index in [4.69, 9.17) is 10.8 Å². The van der Waals surface area contributed by atoms with Crippen LogP contribution in [0.1, 0.15) is 51.9 Å². The summed E-state index contributed by atoms with van der Waals surface area (Å²) < 4.78 is 0. The number of aliphatic hydroxyl groups is 1. The van der Waals surface area contributed by atoms with Gasteiger partial charge < -0.3 is 15.7 Å². The first kappa shape index (κ1) is 15.4. The third-order valence-electron chi connectivity index (χ3n) is 3.98. The van der Waals surface area contributed by atoms with Crippen molar-refractivity contribution in [1.29, 1.82) is 0 Å². The Hall–Kier alpha value is -0.610. The average Bonchev–Trinajstić information content (AvgIpc) is 2.39. The Morgan fingerprint density at radius 1 is 1.33 bits per heavy atom. The predicted molar refractivity (Wildman–Crippen MR) is 73.1 cm³/mol. The van der Waals surface area contributed by atoms with Gasteiger partial charge in [0, 0.05) is 32.2 Å². The van der Waals surface area contributed by atoms with Gasteiger partial charge in [-0.1, -0.05) is 0 Å². The van der Waals surface area contributed by atoms with Gasteiger partial charge in [-0.25, -0.2) is 0 Å². The van der Waals surface area contributed by atoms with Gasteiger partial charge in [-0.15, -0.1) is 0 Å². The lowest BCUT2D eigenvalue weighted by molar-refractivity contribution is -0.131. The van der Waals surface area contributed by atoms with Crippen molar-refractivity contribution in [1.82, 2.24) is 4.90 Å². The van der Waals surface area contributed by atoms with Gasteiger partial charge in [-0.05, 0) is 51.4 Å². The van der Waals surface area contributed by atoms with Crippen LogP contribution in [0, 0.1) is 5.92 Å². The lowest BCUT2D eigenvalue weighted by atomic mass is 9.84. The van der Waals surface area contributed by atoms with Gasteiger partial charge in [-0.3, -0.25) is 4.79 Å². The Morgan fingerprint density at radius 3 is 2.56 bits per heavy atom. The minimum absolute atomic E-state index is 0.157. The van der Waals surface area contributed by atoms with Crippen molar-refractivity contribution in [3.05, 3.63) is 0 Å². The minimum Gasteiger partial charge on any atom is -0.396 e. The summed E-state index contributed by atoms with van der Waals surface area (Å²) in [4.78, 5) is 13.9. The molecule has 18 heavy (non-hydrogen) atoms. The Labute approximate surface area is 111 Å². The van der Waals surface area contributed by atoms with Gasteiger partial charge in [0.25, 0.3) is 0 Å². The molecule has 106 valence electrons. The van der Waals surface area contributed by atoms with Crippen LogP contribution in [0.3, 0.4) is 0 Å². The first-order valence-corrected chi connectivity index (χ1v) is 7.31. The molecule has 1 rings (SSSR count). The Morgan fingerprint density at radius 2 is 2.00 bits per heavy atom. The number of amides is 1. The van der Waals surface area contributed by atoms with Crippen molar-refractivity contribution in [2.24, 2.45) is 11.7 Å². The standard InChI is InChI=1S/C14H28N2O2/c1-2-16(10-3-11-17)14(18)9-6-12-4-7-13(15)8-5-12/h12-13,17H,2-11,15H2,1H3. The molecule has 0 saturated heterocycles. The second kappa shape index (κ2) is 8.48. The second-order valence-corrected chi connectivity index (χ2v) is 5.37. The van der Waals surface area contributed by atoms with Crippen LogP contribution in [0.2, 0.25) is 0 Å². The molecule has 0 aromatic heterocycles. The van der Waals surface area contributed by atoms with E-state index in [9.17, 15) is 4.79 Å². The minimum atomic E-state index is 0.157. The average molecular weight is 256 g/mol. The molecule has 0 unspecified atom stereocenters. The van der Waals surface area contributed by atoms with E-state index in [1.165, 1.54) is 12.8 Å². The van der Waals surface area contributed by atoms with Crippen LogP contribution in [-0.2, 0) is 4.79 Å². The highest BCUT2D eigenvalue weighted by molar-refractivity contribution is 5.76. The van der Waals surface area contributed by atoms with E-state index < -0.39 is 0 Å². The van der Waals surface area contributed by atoms with Gasteiger partial charge in [0.1, 0.15) is 0 Å². The molecule has 1 saturated carbocycles. The number of hydrogen-bond acceptors (Lipinski definition) is 3. The normalized spacial score (nSPS) is 23.9. The molecule has 1 amide bonds. The van der Waals surface area contributed by atoms with Gasteiger partial charge in [0.2, 0.25) is 5.91 Å². The van der Waals surface area contributed by atoms with Gasteiger partial charge in [0.05, 0.1) is 0 Å². The first-order chi connectivity index (χ1) is 8.67. The lowest BCUT2D eigenvalue weighted by Crippen LogP contribution is -2.33. The van der Waals surface area contributed by atoms with Crippen LogP contribution >= 0.6 is 0 Å². The molecule has 0 aromatic carbocycles. The Bertz CT molecular complexity index is 238. The summed E-state index contributed by atoms with van der Waals surface area (Å²) in [5.41, 5.74) is 5.88. The topological polar surface area (TPSA) is 66.6 Å². The maximum Gasteiger partial charge on any atom is 0.222 e. The SMILES string of the molecule is CCN(CCCO)C(=O)CCC1CCC(N)CC1. The maximum absolute atomic E-state index is 12.0. The molecule has 0 spiro atoms. The number of carbonyl (C=O) groups excluding carboxylic acids is 1. The molecular weight excluding hydrogens is 228 g/mol. The van der Waals surface area contributed by atoms with Crippen LogP contribution in [0.5, 0.6) is 0 Å². The summed E-state index contributed by atoms with van der Waals surface area (Å²) in [6, 6.07) is 0.383. The molecule has 0 radical (unpaired) electrons. The summed E-state index contributed by atoms with van der Waals surface area (Å²) in [5, 5.41) is 8.80. The zero-order valence-electron chi connectivity index (χ0n) is 11.6. The van der Waals surface area contributed by atoms with E-state index in [0.29, 0.717) is 31.3 Å². The molecule has 1 aliphatic rings. The van der Waals surface area contributed by atoms with Crippen molar-refractivity contribution in [2.75, 3.05) is 19.7 Å². The van der Waals surface area contributed by atoms with Crippen molar-refractivity contribution in [3.8, 4) is 0 Å². The third-order valence-corrected chi connectivity index (χ3v) is 3.98. The Kier molecular flexibility index (Phi) is 7.28. The molecule has 4 nitrogen and oxygen atoms in total. The van der Waals surface area contributed by atoms with Crippen LogP contribution in [0.25, 0.3) is 0 Å². The highest BCUT2D eigenvalue weighted by Gasteiger charge is 2.20. The maximum atomic E-state index is 12.0. The van der Waals surface area contributed by atoms with E-state index in [0.717, 1.165) is 25.8 Å². The first-order valence-electron chi connectivity index (χ1n) is 7.31. The highest BCUT2D eigenvalue weighted by Crippen LogP contribution is 2.27. The molecule has 0 heterocycles. The molecule has 0 aromatic rings. The van der Waals surface area contributed by atoms with E-state index >= 15 is 0 Å². The van der Waals surface area contributed by atoms with Gasteiger partial charge >= 0.3 is 0 Å². The van der Waals surface area contributed by atoms with Crippen molar-refractivity contribution in [3.63, 3.8) is 0 Å². The van der Waals surface area contributed by atoms with E-state index in [1.807, 2.05) is 11.8 Å². The number of nitrogens with zero attached hydrogens (tertiary/aromatic N) is 1. The van der Waals surface area contributed by atoms with Crippen molar-refractivity contribution >= 4 is 5.91 Å². The molecule has 0 bridgehead atoms. The van der Waals surface area contributed by atoms with E-state index in [-0.39, 0.29) is 12.5 Å². The number of carbonyl (C=O) groups is 1. The van der Waals surface area contributed by atoms with Crippen LogP contribution < -0.4 is 5.73 Å². The zero-order chi connectivity index (χ0) is 13.4. The largest absolute Gasteiger partial charge is 0.396 e. The molecule has 1 fully saturated rings. The summed E-state index contributed by atoms with van der Waals surface area (Å²) >= 11 is 0. The summed E-state index contributed by atoms with van der Waals surface area (Å²) in [5.74, 6) is 0.922. The fourth-order valence-electron chi connectivity index (χ4n) is 2.68. The van der Waals surface area contributed by atoms with Crippen molar-refractivity contribution < 1.29 is 9.90 Å². The summed E-state index contributed by atoms with van der Waals surface area (Å²) in [6.45, 7) is 3.58. The van der Waals surface area contributed by atoms with Crippen molar-refractivity contribution in [2.45, 2.75) is 57.9 Å². The zero-order valence-corrected chi connectivity index (χ0v) is 11.6. The lowest BCUT2D eigenvalue weighted by Gasteiger charge is -2.27. The molecule has 0 aliphatic heterocycles. The molecule has 4 heteroatoms. The van der Waals surface area contributed by atoms with Crippen LogP contribution in [-0.4, -0.2) is 41.7 Å². The molecule has 1 aliphatic carbocycles. The molecular formula is C14H28N2O2. The van der Waals surface area contributed by atoms with Crippen LogP contribution in [0.15, 0.2) is 0 Å². The second-order valence-electron chi connectivity index (χ2n) is 5.37. The monoisotopic (exact) mass is 256 g/mol. The summed E-state index contributed by atoms with van der Waals surface area (Å²) in [6.07, 6.45) is 6.91. The Balaban J connectivity index is 2.22. The molecule has 0 atom stereocenters. The number of aliphatic hydroxyl groups excluding tert-OH is 1. The third kappa shape index (κ3) is 5.36. The van der Waals surface area contributed by atoms with Crippen LogP contribution in [0.4, 0.5) is 0 Å². The fourth-order valence-corrected chi connectivity index (χ4v) is 2.68. The fraction of sp³-hybridized carbons (Fsp3) is 0.929. The quantitative estimate of drug-likeness (QED) is 0.725. The number of rotatable bonds is 7. The summed E-state index contributed by atoms with van der Waals surface area (Å²) in [7, 11) is 0. The predicted octanol–water partition coefficient (Wildman–Crippen LogP) is 1.51. The smallest absolute Gasteiger partial charge is 0.222 e. The number of hydrogen-bond donors (Lipinski definition) is 2.